The van der Waals surface area contributed by atoms with Crippen LogP contribution in [0.15, 0.2) is 33.2 Å². The molecule has 2 rings (SSSR count). The van der Waals surface area contributed by atoms with E-state index in [-0.39, 0.29) is 5.92 Å². The lowest BCUT2D eigenvalue weighted by molar-refractivity contribution is 0.679. The molecular formula is C15H18Cl2N4S. The van der Waals surface area contributed by atoms with Gasteiger partial charge in [-0.2, -0.15) is 5.10 Å². The van der Waals surface area contributed by atoms with E-state index in [2.05, 4.69) is 35.4 Å². The second-order valence-electron chi connectivity index (χ2n) is 5.04. The largest absolute Gasteiger partial charge is 0.323 e. The maximum Gasteiger partial charge on any atom is 0.154 e. The average molecular weight is 357 g/mol. The molecule has 0 saturated heterocycles. The summed E-state index contributed by atoms with van der Waals surface area (Å²) in [6.45, 7) is 7.06. The zero-order valence-corrected chi connectivity index (χ0v) is 15.0. The van der Waals surface area contributed by atoms with E-state index in [1.807, 2.05) is 12.1 Å². The molecule has 2 aromatic rings. The summed E-state index contributed by atoms with van der Waals surface area (Å²) in [5.41, 5.74) is 1.01. The van der Waals surface area contributed by atoms with Crippen molar-refractivity contribution in [2.24, 2.45) is 10.9 Å². The third-order valence-corrected chi connectivity index (χ3v) is 4.61. The summed E-state index contributed by atoms with van der Waals surface area (Å²) in [6.07, 6.45) is 1.57. The Morgan fingerprint density at radius 1 is 1.32 bits per heavy atom. The van der Waals surface area contributed by atoms with Crippen molar-refractivity contribution in [3.8, 4) is 0 Å². The predicted octanol–water partition coefficient (Wildman–Crippen LogP) is 4.78. The number of nitrogens with two attached hydrogens (primary N) is 1. The van der Waals surface area contributed by atoms with Crippen LogP contribution in [0.2, 0.25) is 10.0 Å². The number of rotatable bonds is 5. The van der Waals surface area contributed by atoms with Crippen LogP contribution in [0, 0.1) is 0 Å². The van der Waals surface area contributed by atoms with Crippen molar-refractivity contribution in [1.82, 2.24) is 9.55 Å². The van der Waals surface area contributed by atoms with Gasteiger partial charge in [0.25, 0.3) is 0 Å². The molecule has 0 radical (unpaired) electrons. The van der Waals surface area contributed by atoms with Gasteiger partial charge in [0.15, 0.2) is 5.82 Å². The molecule has 2 N–H and O–H groups in total. The van der Waals surface area contributed by atoms with Gasteiger partial charge >= 0.3 is 0 Å². The van der Waals surface area contributed by atoms with Crippen molar-refractivity contribution < 1.29 is 0 Å². The smallest absolute Gasteiger partial charge is 0.154 e. The van der Waals surface area contributed by atoms with Crippen LogP contribution in [0.25, 0.3) is 0 Å². The molecule has 0 aliphatic carbocycles. The lowest BCUT2D eigenvalue weighted by Crippen LogP contribution is -2.03. The number of hydrogen-bond acceptors (Lipinski definition) is 4. The summed E-state index contributed by atoms with van der Waals surface area (Å²) >= 11 is 13.8. The molecular weight excluding hydrogens is 339 g/mol. The highest BCUT2D eigenvalue weighted by molar-refractivity contribution is 7.99. The monoisotopic (exact) mass is 356 g/mol. The van der Waals surface area contributed by atoms with Crippen LogP contribution in [0.3, 0.4) is 0 Å². The van der Waals surface area contributed by atoms with E-state index in [1.165, 1.54) is 0 Å². The first kappa shape index (κ1) is 17.2. The van der Waals surface area contributed by atoms with Gasteiger partial charge in [0, 0.05) is 21.5 Å². The van der Waals surface area contributed by atoms with Gasteiger partial charge in [0.1, 0.15) is 5.03 Å². The van der Waals surface area contributed by atoms with Crippen LogP contribution in [0.5, 0.6) is 0 Å². The van der Waals surface area contributed by atoms with Crippen LogP contribution in [-0.2, 0) is 6.54 Å². The van der Waals surface area contributed by atoms with Crippen LogP contribution in [0.1, 0.15) is 38.2 Å². The minimum absolute atomic E-state index is 0.287. The first-order chi connectivity index (χ1) is 10.5. The second-order valence-corrected chi connectivity index (χ2v) is 6.98. The van der Waals surface area contributed by atoms with Crippen LogP contribution in [0.4, 0.5) is 0 Å². The molecule has 0 fully saturated rings. The van der Waals surface area contributed by atoms with Crippen molar-refractivity contribution in [2.75, 3.05) is 0 Å². The van der Waals surface area contributed by atoms with E-state index in [9.17, 15) is 0 Å². The number of imidazole rings is 1. The van der Waals surface area contributed by atoms with Crippen LogP contribution >= 0.6 is 35.0 Å². The van der Waals surface area contributed by atoms with Gasteiger partial charge in [-0.3, -0.25) is 0 Å². The van der Waals surface area contributed by atoms with E-state index in [0.717, 1.165) is 28.0 Å². The molecule has 0 bridgehead atoms. The highest BCUT2D eigenvalue weighted by atomic mass is 35.5. The molecule has 22 heavy (non-hydrogen) atoms. The van der Waals surface area contributed by atoms with Gasteiger partial charge in [-0.1, -0.05) is 48.8 Å². The van der Waals surface area contributed by atoms with Crippen LogP contribution in [-0.4, -0.2) is 15.8 Å². The lowest BCUT2D eigenvalue weighted by Gasteiger charge is -2.11. The van der Waals surface area contributed by atoms with Crippen molar-refractivity contribution in [3.05, 3.63) is 39.8 Å². The molecule has 7 heteroatoms. The molecule has 1 heterocycles. The molecule has 1 aromatic heterocycles. The summed E-state index contributed by atoms with van der Waals surface area (Å²) < 4.78 is 2.09. The second kappa shape index (κ2) is 7.40. The molecule has 0 aliphatic rings. The minimum atomic E-state index is 0.287. The third-order valence-electron chi connectivity index (χ3n) is 3.08. The fourth-order valence-corrected chi connectivity index (χ4v) is 4.10. The maximum atomic E-state index is 6.09. The lowest BCUT2D eigenvalue weighted by atomic mass is 10.1. The fourth-order valence-electron chi connectivity index (χ4n) is 2.13. The van der Waals surface area contributed by atoms with E-state index >= 15 is 0 Å². The summed E-state index contributed by atoms with van der Waals surface area (Å²) in [7, 11) is 0. The Kier molecular flexibility index (Phi) is 5.78. The highest BCUT2D eigenvalue weighted by Crippen LogP contribution is 2.36. The minimum Gasteiger partial charge on any atom is -0.323 e. The molecule has 0 unspecified atom stereocenters. The Bertz CT molecular complexity index is 675. The predicted molar refractivity (Wildman–Crippen MR) is 94.4 cm³/mol. The van der Waals surface area contributed by atoms with Gasteiger partial charge in [-0.05, 0) is 31.0 Å². The molecule has 4 nitrogen and oxygen atoms in total. The zero-order chi connectivity index (χ0) is 16.3. The zero-order valence-electron chi connectivity index (χ0n) is 12.7. The van der Waals surface area contributed by atoms with Crippen LogP contribution < -0.4 is 5.84 Å². The molecule has 118 valence electrons. The van der Waals surface area contributed by atoms with Crippen molar-refractivity contribution in [1.29, 1.82) is 0 Å². The Hall–Kier alpha value is -1.17. The first-order valence-electron chi connectivity index (χ1n) is 6.93. The van der Waals surface area contributed by atoms with Gasteiger partial charge in [0.05, 0.1) is 11.9 Å². The quantitative estimate of drug-likeness (QED) is 0.476. The SMILES string of the molecule is CCn1c(C=NN)nc(C(C)C)c1Sc1cc(Cl)cc(Cl)c1. The number of hydrazone groups is 1. The van der Waals surface area contributed by atoms with E-state index in [1.54, 1.807) is 24.0 Å². The van der Waals surface area contributed by atoms with Crippen molar-refractivity contribution in [2.45, 2.75) is 43.2 Å². The fraction of sp³-hybridized carbons (Fsp3) is 0.333. The Morgan fingerprint density at radius 2 is 1.95 bits per heavy atom. The van der Waals surface area contributed by atoms with Gasteiger partial charge in [0.2, 0.25) is 0 Å². The highest BCUT2D eigenvalue weighted by Gasteiger charge is 2.19. The number of halogens is 2. The molecule has 0 spiro atoms. The number of nitrogens with zero attached hydrogens (tertiary/aromatic N) is 3. The summed E-state index contributed by atoms with van der Waals surface area (Å²) in [5.74, 6) is 6.33. The summed E-state index contributed by atoms with van der Waals surface area (Å²) in [4.78, 5) is 5.64. The normalized spacial score (nSPS) is 11.7. The molecule has 0 aliphatic heterocycles. The third kappa shape index (κ3) is 3.77. The standard InChI is InChI=1S/C15H18Cl2N4S/c1-4-21-13(8-19-18)20-14(9(2)3)15(21)22-12-6-10(16)5-11(17)7-12/h5-9H,4,18H2,1-3H3. The van der Waals surface area contributed by atoms with Gasteiger partial charge in [-0.15, -0.1) is 0 Å². The van der Waals surface area contributed by atoms with Gasteiger partial charge in [-0.25, -0.2) is 4.98 Å². The van der Waals surface area contributed by atoms with Gasteiger partial charge < -0.3 is 10.4 Å². The first-order valence-corrected chi connectivity index (χ1v) is 8.51. The van der Waals surface area contributed by atoms with Crippen molar-refractivity contribution >= 4 is 41.2 Å². The molecule has 0 saturated carbocycles. The Labute approximate surface area is 144 Å². The van der Waals surface area contributed by atoms with E-state index in [0.29, 0.717) is 10.0 Å². The Morgan fingerprint density at radius 3 is 2.45 bits per heavy atom. The van der Waals surface area contributed by atoms with Crippen molar-refractivity contribution in [3.63, 3.8) is 0 Å². The Balaban J connectivity index is 2.52. The van der Waals surface area contributed by atoms with E-state index < -0.39 is 0 Å². The average Bonchev–Trinajstić information content (AvgIpc) is 2.76. The molecule has 0 amide bonds. The summed E-state index contributed by atoms with van der Waals surface area (Å²) in [5, 5.41) is 5.90. The topological polar surface area (TPSA) is 56.2 Å². The number of aromatic nitrogens is 2. The molecule has 0 atom stereocenters. The number of hydrogen-bond donors (Lipinski definition) is 1. The maximum absolute atomic E-state index is 6.09. The van der Waals surface area contributed by atoms with E-state index in [4.69, 9.17) is 29.0 Å². The number of benzene rings is 1. The summed E-state index contributed by atoms with van der Waals surface area (Å²) in [6, 6.07) is 5.51. The molecule has 1 aromatic carbocycles.